The molecule has 30 heavy (non-hydrogen) atoms. The van der Waals surface area contributed by atoms with E-state index in [1.807, 2.05) is 47.2 Å². The molecule has 2 amide bonds. The van der Waals surface area contributed by atoms with Gasteiger partial charge in [0.25, 0.3) is 5.91 Å². The highest BCUT2D eigenvalue weighted by Gasteiger charge is 2.37. The van der Waals surface area contributed by atoms with Gasteiger partial charge < -0.3 is 15.1 Å². The number of anilines is 1. The molecule has 1 saturated carbocycles. The highest BCUT2D eigenvalue weighted by molar-refractivity contribution is 5.94. The molecule has 1 saturated heterocycles. The van der Waals surface area contributed by atoms with Gasteiger partial charge in [-0.3, -0.25) is 9.59 Å². The number of nitrogens with zero attached hydrogens (tertiary/aromatic N) is 3. The van der Waals surface area contributed by atoms with Crippen LogP contribution in [0.15, 0.2) is 48.7 Å². The number of likely N-dealkylation sites (tertiary alicyclic amines) is 1. The van der Waals surface area contributed by atoms with E-state index < -0.39 is 0 Å². The molecule has 1 aromatic heterocycles. The Morgan fingerprint density at radius 1 is 1.10 bits per heavy atom. The van der Waals surface area contributed by atoms with Crippen molar-refractivity contribution in [3.8, 4) is 0 Å². The molecule has 2 fully saturated rings. The molecule has 0 spiro atoms. The SMILES string of the molecule is CN(C(=O)C1CC1)[C@H]1CCN(C(=O)c2ccc(NC(C)(C)c3ccccc3)nc2)C1. The quantitative estimate of drug-likeness (QED) is 0.797. The van der Waals surface area contributed by atoms with Crippen LogP contribution in [-0.4, -0.2) is 52.8 Å². The van der Waals surface area contributed by atoms with Gasteiger partial charge in [-0.2, -0.15) is 0 Å². The van der Waals surface area contributed by atoms with Gasteiger partial charge in [-0.05, 0) is 50.8 Å². The molecule has 4 rings (SSSR count). The number of hydrogen-bond donors (Lipinski definition) is 1. The molecule has 2 aliphatic rings. The monoisotopic (exact) mass is 406 g/mol. The first-order valence-corrected chi connectivity index (χ1v) is 10.7. The van der Waals surface area contributed by atoms with Crippen molar-refractivity contribution >= 4 is 17.6 Å². The van der Waals surface area contributed by atoms with E-state index in [4.69, 9.17) is 0 Å². The first kappa shape index (κ1) is 20.4. The van der Waals surface area contributed by atoms with Crippen molar-refractivity contribution in [2.75, 3.05) is 25.5 Å². The van der Waals surface area contributed by atoms with Crippen LogP contribution in [0.2, 0.25) is 0 Å². The van der Waals surface area contributed by atoms with Gasteiger partial charge in [-0.25, -0.2) is 4.98 Å². The van der Waals surface area contributed by atoms with Crippen LogP contribution >= 0.6 is 0 Å². The summed E-state index contributed by atoms with van der Waals surface area (Å²) < 4.78 is 0. The fourth-order valence-electron chi connectivity index (χ4n) is 4.06. The van der Waals surface area contributed by atoms with Gasteiger partial charge in [0.1, 0.15) is 5.82 Å². The van der Waals surface area contributed by atoms with E-state index in [-0.39, 0.29) is 29.3 Å². The Hall–Kier alpha value is -2.89. The molecule has 1 atom stereocenters. The number of carbonyl (C=O) groups is 2. The zero-order valence-electron chi connectivity index (χ0n) is 18.0. The number of likely N-dealkylation sites (N-methyl/N-ethyl adjacent to an activating group) is 1. The molecule has 0 unspecified atom stereocenters. The normalized spacial score (nSPS) is 18.9. The Bertz CT molecular complexity index is 907. The van der Waals surface area contributed by atoms with Crippen LogP contribution in [0, 0.1) is 5.92 Å². The summed E-state index contributed by atoms with van der Waals surface area (Å²) >= 11 is 0. The second kappa shape index (κ2) is 8.09. The molecule has 1 aliphatic heterocycles. The summed E-state index contributed by atoms with van der Waals surface area (Å²) in [6, 6.07) is 14.0. The molecule has 0 bridgehead atoms. The zero-order chi connectivity index (χ0) is 21.3. The highest BCUT2D eigenvalue weighted by atomic mass is 16.2. The second-order valence-corrected chi connectivity index (χ2v) is 8.97. The third-order valence-corrected chi connectivity index (χ3v) is 6.22. The maximum Gasteiger partial charge on any atom is 0.255 e. The van der Waals surface area contributed by atoms with Gasteiger partial charge >= 0.3 is 0 Å². The predicted octanol–water partition coefficient (Wildman–Crippen LogP) is 3.51. The molecule has 2 aromatic rings. The van der Waals surface area contributed by atoms with E-state index in [1.54, 1.807) is 6.20 Å². The largest absolute Gasteiger partial charge is 0.361 e. The standard InChI is InChI=1S/C24H30N4O2/c1-24(2,19-7-5-4-6-8-19)26-21-12-11-18(15-25-21)23(30)28-14-13-20(16-28)27(3)22(29)17-9-10-17/h4-8,11-12,15,17,20H,9-10,13-14,16H2,1-3H3,(H,25,26)/t20-/m0/s1. The van der Waals surface area contributed by atoms with Crippen molar-refractivity contribution in [2.45, 2.75) is 44.7 Å². The van der Waals surface area contributed by atoms with E-state index in [2.05, 4.69) is 36.3 Å². The number of hydrogen-bond acceptors (Lipinski definition) is 4. The number of pyridine rings is 1. The van der Waals surface area contributed by atoms with Crippen molar-refractivity contribution in [1.82, 2.24) is 14.8 Å². The van der Waals surface area contributed by atoms with Crippen molar-refractivity contribution in [3.05, 3.63) is 59.8 Å². The maximum absolute atomic E-state index is 12.9. The van der Waals surface area contributed by atoms with Crippen LogP contribution in [0.1, 0.15) is 49.0 Å². The minimum absolute atomic E-state index is 0.0221. The van der Waals surface area contributed by atoms with Crippen LogP contribution in [0.5, 0.6) is 0 Å². The molecule has 1 N–H and O–H groups in total. The third kappa shape index (κ3) is 4.32. The van der Waals surface area contributed by atoms with E-state index in [9.17, 15) is 9.59 Å². The van der Waals surface area contributed by atoms with Crippen LogP contribution < -0.4 is 5.32 Å². The molecule has 6 heteroatoms. The first-order chi connectivity index (χ1) is 14.3. The number of carbonyl (C=O) groups excluding carboxylic acids is 2. The van der Waals surface area contributed by atoms with E-state index in [1.165, 1.54) is 5.56 Å². The summed E-state index contributed by atoms with van der Waals surface area (Å²) in [5, 5.41) is 3.44. The van der Waals surface area contributed by atoms with Crippen molar-refractivity contribution < 1.29 is 9.59 Å². The van der Waals surface area contributed by atoms with Crippen LogP contribution in [0.25, 0.3) is 0 Å². The lowest BCUT2D eigenvalue weighted by atomic mass is 9.94. The minimum atomic E-state index is -0.277. The minimum Gasteiger partial charge on any atom is -0.361 e. The Balaban J connectivity index is 1.37. The average molecular weight is 407 g/mol. The lowest BCUT2D eigenvalue weighted by molar-refractivity contribution is -0.133. The van der Waals surface area contributed by atoms with E-state index in [0.717, 1.165) is 25.1 Å². The van der Waals surface area contributed by atoms with Crippen LogP contribution in [0.4, 0.5) is 5.82 Å². The lowest BCUT2D eigenvalue weighted by Crippen LogP contribution is -2.40. The zero-order valence-corrected chi connectivity index (χ0v) is 18.0. The summed E-state index contributed by atoms with van der Waals surface area (Å²) in [6.45, 7) is 5.47. The van der Waals surface area contributed by atoms with Gasteiger partial charge in [0.15, 0.2) is 0 Å². The molecule has 0 radical (unpaired) electrons. The van der Waals surface area contributed by atoms with Crippen LogP contribution in [0.3, 0.4) is 0 Å². The Morgan fingerprint density at radius 3 is 2.47 bits per heavy atom. The highest BCUT2D eigenvalue weighted by Crippen LogP contribution is 2.32. The fourth-order valence-corrected chi connectivity index (χ4v) is 4.06. The average Bonchev–Trinajstić information content (AvgIpc) is 3.49. The predicted molar refractivity (Wildman–Crippen MR) is 117 cm³/mol. The topological polar surface area (TPSA) is 65.5 Å². The number of nitrogens with one attached hydrogen (secondary N) is 1. The molecular formula is C24H30N4O2. The fraction of sp³-hybridized carbons (Fsp3) is 0.458. The van der Waals surface area contributed by atoms with Gasteiger partial charge in [-0.15, -0.1) is 0 Å². The molecule has 158 valence electrons. The molecule has 1 aromatic carbocycles. The Kier molecular flexibility index (Phi) is 5.50. The summed E-state index contributed by atoms with van der Waals surface area (Å²) in [4.78, 5) is 33.4. The Morgan fingerprint density at radius 2 is 1.83 bits per heavy atom. The van der Waals surface area contributed by atoms with Crippen molar-refractivity contribution in [3.63, 3.8) is 0 Å². The van der Waals surface area contributed by atoms with E-state index >= 15 is 0 Å². The smallest absolute Gasteiger partial charge is 0.255 e. The van der Waals surface area contributed by atoms with Crippen LogP contribution in [-0.2, 0) is 10.3 Å². The number of benzene rings is 1. The van der Waals surface area contributed by atoms with Crippen molar-refractivity contribution in [2.24, 2.45) is 5.92 Å². The molecule has 2 heterocycles. The van der Waals surface area contributed by atoms with E-state index in [0.29, 0.717) is 18.7 Å². The summed E-state index contributed by atoms with van der Waals surface area (Å²) in [5.41, 5.74) is 1.47. The van der Waals surface area contributed by atoms with Crippen molar-refractivity contribution in [1.29, 1.82) is 0 Å². The summed E-state index contributed by atoms with van der Waals surface area (Å²) in [6.07, 6.45) is 4.48. The number of rotatable bonds is 6. The lowest BCUT2D eigenvalue weighted by Gasteiger charge is -2.27. The molecular weight excluding hydrogens is 376 g/mol. The number of amides is 2. The summed E-state index contributed by atoms with van der Waals surface area (Å²) in [5.74, 6) is 1.15. The van der Waals surface area contributed by atoms with Gasteiger partial charge in [0.2, 0.25) is 5.91 Å². The number of aromatic nitrogens is 1. The van der Waals surface area contributed by atoms with Gasteiger partial charge in [0, 0.05) is 32.3 Å². The van der Waals surface area contributed by atoms with Gasteiger partial charge in [-0.1, -0.05) is 30.3 Å². The summed E-state index contributed by atoms with van der Waals surface area (Å²) in [7, 11) is 1.87. The second-order valence-electron chi connectivity index (χ2n) is 8.97. The molecule has 1 aliphatic carbocycles. The molecule has 6 nitrogen and oxygen atoms in total. The maximum atomic E-state index is 12.9. The third-order valence-electron chi connectivity index (χ3n) is 6.22. The first-order valence-electron chi connectivity index (χ1n) is 10.7. The Labute approximate surface area is 178 Å². The van der Waals surface area contributed by atoms with Gasteiger partial charge in [0.05, 0.1) is 17.1 Å².